The van der Waals surface area contributed by atoms with E-state index in [2.05, 4.69) is 4.74 Å². The van der Waals surface area contributed by atoms with Crippen molar-refractivity contribution >= 4 is 11.9 Å². The summed E-state index contributed by atoms with van der Waals surface area (Å²) in [5, 5.41) is 0. The summed E-state index contributed by atoms with van der Waals surface area (Å²) in [6, 6.07) is 6.85. The van der Waals surface area contributed by atoms with Gasteiger partial charge in [0.1, 0.15) is 0 Å². The molecule has 16 heavy (non-hydrogen) atoms. The number of ether oxygens (including phenoxy) is 2. The highest BCUT2D eigenvalue weighted by Crippen LogP contribution is 2.26. The Kier molecular flexibility index (Phi) is 2.90. The Morgan fingerprint density at radius 1 is 1.38 bits per heavy atom. The van der Waals surface area contributed by atoms with Crippen molar-refractivity contribution in [2.75, 3.05) is 13.7 Å². The summed E-state index contributed by atoms with van der Waals surface area (Å²) in [6.45, 7) is 0.474. The van der Waals surface area contributed by atoms with Crippen LogP contribution < -0.4 is 0 Å². The molecule has 1 fully saturated rings. The Morgan fingerprint density at radius 2 is 2.06 bits per heavy atom. The molecule has 1 saturated heterocycles. The van der Waals surface area contributed by atoms with Crippen LogP contribution in [0, 0.1) is 0 Å². The van der Waals surface area contributed by atoms with Crippen molar-refractivity contribution < 1.29 is 19.1 Å². The van der Waals surface area contributed by atoms with Crippen LogP contribution in [0.25, 0.3) is 0 Å². The SMILES string of the molecule is COC(=O)c1ccc(C2CCOC2=O)cc1. The second-order valence-electron chi connectivity index (χ2n) is 3.62. The Balaban J connectivity index is 2.19. The van der Waals surface area contributed by atoms with Gasteiger partial charge in [0.25, 0.3) is 0 Å². The van der Waals surface area contributed by atoms with Crippen molar-refractivity contribution in [2.45, 2.75) is 12.3 Å². The van der Waals surface area contributed by atoms with E-state index in [0.717, 1.165) is 5.56 Å². The van der Waals surface area contributed by atoms with Crippen LogP contribution in [0.15, 0.2) is 24.3 Å². The van der Waals surface area contributed by atoms with E-state index in [9.17, 15) is 9.59 Å². The summed E-state index contributed by atoms with van der Waals surface area (Å²) < 4.78 is 9.48. The number of cyclic esters (lactones) is 1. The first kappa shape index (κ1) is 10.7. The van der Waals surface area contributed by atoms with Crippen LogP contribution in [0.2, 0.25) is 0 Å². The Hall–Kier alpha value is -1.84. The van der Waals surface area contributed by atoms with E-state index in [1.54, 1.807) is 24.3 Å². The van der Waals surface area contributed by atoms with Crippen LogP contribution >= 0.6 is 0 Å². The molecule has 84 valence electrons. The van der Waals surface area contributed by atoms with Gasteiger partial charge < -0.3 is 9.47 Å². The molecule has 1 atom stereocenters. The monoisotopic (exact) mass is 220 g/mol. The summed E-state index contributed by atoms with van der Waals surface area (Å²) in [5.41, 5.74) is 1.37. The minimum Gasteiger partial charge on any atom is -0.465 e. The van der Waals surface area contributed by atoms with Gasteiger partial charge in [-0.05, 0) is 24.1 Å². The zero-order valence-electron chi connectivity index (χ0n) is 8.93. The van der Waals surface area contributed by atoms with Crippen molar-refractivity contribution in [2.24, 2.45) is 0 Å². The lowest BCUT2D eigenvalue weighted by Gasteiger charge is -2.06. The summed E-state index contributed by atoms with van der Waals surface area (Å²) in [7, 11) is 1.34. The fourth-order valence-electron chi connectivity index (χ4n) is 1.77. The zero-order valence-corrected chi connectivity index (χ0v) is 8.93. The van der Waals surface area contributed by atoms with Crippen molar-refractivity contribution in [1.82, 2.24) is 0 Å². The molecule has 0 saturated carbocycles. The van der Waals surface area contributed by atoms with Crippen LogP contribution in [0.1, 0.15) is 28.3 Å². The molecule has 1 aromatic rings. The average molecular weight is 220 g/mol. The van der Waals surface area contributed by atoms with Gasteiger partial charge in [-0.2, -0.15) is 0 Å². The Morgan fingerprint density at radius 3 is 2.56 bits per heavy atom. The van der Waals surface area contributed by atoms with Gasteiger partial charge in [-0.1, -0.05) is 12.1 Å². The van der Waals surface area contributed by atoms with Crippen molar-refractivity contribution in [3.05, 3.63) is 35.4 Å². The minimum atomic E-state index is -0.374. The molecule has 0 radical (unpaired) electrons. The van der Waals surface area contributed by atoms with E-state index in [1.807, 2.05) is 0 Å². The third kappa shape index (κ3) is 1.91. The second kappa shape index (κ2) is 4.35. The molecule has 4 nitrogen and oxygen atoms in total. The molecule has 0 aliphatic carbocycles. The van der Waals surface area contributed by atoms with Crippen LogP contribution in [-0.4, -0.2) is 25.7 Å². The van der Waals surface area contributed by atoms with Crippen LogP contribution in [0.5, 0.6) is 0 Å². The number of methoxy groups -OCH3 is 1. The molecule has 1 aliphatic heterocycles. The Bertz CT molecular complexity index is 408. The van der Waals surface area contributed by atoms with E-state index in [-0.39, 0.29) is 17.9 Å². The van der Waals surface area contributed by atoms with Crippen molar-refractivity contribution in [3.63, 3.8) is 0 Å². The minimum absolute atomic E-state index is 0.188. The maximum Gasteiger partial charge on any atom is 0.337 e. The van der Waals surface area contributed by atoms with E-state index in [4.69, 9.17) is 4.74 Å². The topological polar surface area (TPSA) is 52.6 Å². The smallest absolute Gasteiger partial charge is 0.337 e. The lowest BCUT2D eigenvalue weighted by Crippen LogP contribution is -2.06. The molecule has 1 aliphatic rings. The molecule has 0 bridgehead atoms. The number of esters is 2. The summed E-state index contributed by atoms with van der Waals surface area (Å²) >= 11 is 0. The van der Waals surface area contributed by atoms with Crippen molar-refractivity contribution in [3.8, 4) is 0 Å². The molecule has 1 heterocycles. The van der Waals surface area contributed by atoms with E-state index >= 15 is 0 Å². The molecular weight excluding hydrogens is 208 g/mol. The number of carbonyl (C=O) groups is 2. The molecule has 0 aromatic heterocycles. The normalized spacial score (nSPS) is 19.3. The predicted molar refractivity (Wildman–Crippen MR) is 56.1 cm³/mol. The predicted octanol–water partition coefficient (Wildman–Crippen LogP) is 1.50. The molecule has 4 heteroatoms. The quantitative estimate of drug-likeness (QED) is 0.709. The number of hydrogen-bond acceptors (Lipinski definition) is 4. The third-order valence-corrected chi connectivity index (χ3v) is 2.67. The molecule has 0 N–H and O–H groups in total. The lowest BCUT2D eigenvalue weighted by atomic mass is 9.97. The summed E-state index contributed by atoms with van der Waals surface area (Å²) in [6.07, 6.45) is 0.705. The molecule has 1 unspecified atom stereocenters. The Labute approximate surface area is 93.2 Å². The molecule has 0 spiro atoms. The maximum absolute atomic E-state index is 11.3. The van der Waals surface area contributed by atoms with Crippen molar-refractivity contribution in [1.29, 1.82) is 0 Å². The van der Waals surface area contributed by atoms with Crippen LogP contribution in [-0.2, 0) is 14.3 Å². The third-order valence-electron chi connectivity index (χ3n) is 2.67. The number of hydrogen-bond donors (Lipinski definition) is 0. The van der Waals surface area contributed by atoms with Crippen LogP contribution in [0.4, 0.5) is 0 Å². The van der Waals surface area contributed by atoms with Gasteiger partial charge in [0.05, 0.1) is 25.2 Å². The maximum atomic E-state index is 11.3. The van der Waals surface area contributed by atoms with Gasteiger partial charge in [0.15, 0.2) is 0 Å². The van der Waals surface area contributed by atoms with E-state index in [1.165, 1.54) is 7.11 Å². The van der Waals surface area contributed by atoms with E-state index in [0.29, 0.717) is 18.6 Å². The van der Waals surface area contributed by atoms with E-state index < -0.39 is 0 Å². The number of benzene rings is 1. The standard InChI is InChI=1S/C12H12O4/c1-15-11(13)9-4-2-8(3-5-9)10-6-7-16-12(10)14/h2-5,10H,6-7H2,1H3. The highest BCUT2D eigenvalue weighted by molar-refractivity contribution is 5.89. The average Bonchev–Trinajstić information content (AvgIpc) is 2.75. The first-order valence-corrected chi connectivity index (χ1v) is 5.07. The summed E-state index contributed by atoms with van der Waals surface area (Å²) in [5.74, 6) is -0.752. The number of carbonyl (C=O) groups excluding carboxylic acids is 2. The fraction of sp³-hybridized carbons (Fsp3) is 0.333. The highest BCUT2D eigenvalue weighted by Gasteiger charge is 2.27. The lowest BCUT2D eigenvalue weighted by molar-refractivity contribution is -0.139. The molecular formula is C12H12O4. The first-order chi connectivity index (χ1) is 7.72. The fourth-order valence-corrected chi connectivity index (χ4v) is 1.77. The molecule has 1 aromatic carbocycles. The first-order valence-electron chi connectivity index (χ1n) is 5.07. The largest absolute Gasteiger partial charge is 0.465 e. The van der Waals surface area contributed by atoms with Gasteiger partial charge in [0.2, 0.25) is 0 Å². The van der Waals surface area contributed by atoms with Gasteiger partial charge >= 0.3 is 11.9 Å². The van der Waals surface area contributed by atoms with Crippen LogP contribution in [0.3, 0.4) is 0 Å². The molecule has 0 amide bonds. The van der Waals surface area contributed by atoms with Gasteiger partial charge in [0, 0.05) is 0 Å². The van der Waals surface area contributed by atoms with Gasteiger partial charge in [-0.15, -0.1) is 0 Å². The number of rotatable bonds is 2. The highest BCUT2D eigenvalue weighted by atomic mass is 16.5. The zero-order chi connectivity index (χ0) is 11.5. The summed E-state index contributed by atoms with van der Waals surface area (Å²) in [4.78, 5) is 22.5. The molecule has 2 rings (SSSR count). The van der Waals surface area contributed by atoms with Gasteiger partial charge in [-0.3, -0.25) is 4.79 Å². The second-order valence-corrected chi connectivity index (χ2v) is 3.62. The van der Waals surface area contributed by atoms with Gasteiger partial charge in [-0.25, -0.2) is 4.79 Å².